The van der Waals surface area contributed by atoms with E-state index in [1.165, 1.54) is 0 Å². The largest absolute Gasteiger partial charge is 0.398 e. The van der Waals surface area contributed by atoms with Crippen molar-refractivity contribution >= 4 is 17.3 Å². The van der Waals surface area contributed by atoms with Crippen LogP contribution in [0, 0.1) is 0 Å². The minimum Gasteiger partial charge on any atom is -0.398 e. The van der Waals surface area contributed by atoms with E-state index in [0.717, 1.165) is 16.8 Å². The molecule has 1 aliphatic heterocycles. The smallest absolute Gasteiger partial charge is 0.253 e. The fourth-order valence-corrected chi connectivity index (χ4v) is 2.37. The van der Waals surface area contributed by atoms with Gasteiger partial charge in [0.05, 0.1) is 6.61 Å². The molecule has 1 fully saturated rings. The molecule has 0 spiro atoms. The number of hydrogen-bond donors (Lipinski definition) is 1. The van der Waals surface area contributed by atoms with Crippen molar-refractivity contribution in [3.8, 4) is 11.1 Å². The Balaban J connectivity index is 2.00. The maximum atomic E-state index is 11.9. The lowest BCUT2D eigenvalue weighted by molar-refractivity contribution is -0.125. The van der Waals surface area contributed by atoms with Crippen molar-refractivity contribution in [3.63, 3.8) is 0 Å². The van der Waals surface area contributed by atoms with Crippen molar-refractivity contribution < 1.29 is 9.53 Å². The Morgan fingerprint density at radius 1 is 1.10 bits per heavy atom. The standard InChI is InChI=1S/C16H16N2O2/c17-15-7-6-13(18-8-9-20-11-16(18)19)10-14(15)12-4-2-1-3-5-12/h1-7,10H,8-9,11,17H2. The molecule has 4 nitrogen and oxygen atoms in total. The third-order valence-corrected chi connectivity index (χ3v) is 3.42. The van der Waals surface area contributed by atoms with Gasteiger partial charge in [0.15, 0.2) is 0 Å². The Labute approximate surface area is 117 Å². The van der Waals surface area contributed by atoms with E-state index in [-0.39, 0.29) is 12.5 Å². The lowest BCUT2D eigenvalue weighted by Gasteiger charge is -2.27. The third kappa shape index (κ3) is 2.38. The van der Waals surface area contributed by atoms with Gasteiger partial charge in [-0.05, 0) is 23.8 Å². The second-order valence-corrected chi connectivity index (χ2v) is 4.74. The highest BCUT2D eigenvalue weighted by Crippen LogP contribution is 2.30. The number of amides is 1. The fraction of sp³-hybridized carbons (Fsp3) is 0.188. The van der Waals surface area contributed by atoms with Crippen LogP contribution in [0.2, 0.25) is 0 Å². The van der Waals surface area contributed by atoms with Gasteiger partial charge < -0.3 is 15.4 Å². The van der Waals surface area contributed by atoms with Gasteiger partial charge in [-0.2, -0.15) is 0 Å². The lowest BCUT2D eigenvalue weighted by Crippen LogP contribution is -2.41. The van der Waals surface area contributed by atoms with Crippen molar-refractivity contribution in [1.82, 2.24) is 0 Å². The van der Waals surface area contributed by atoms with Gasteiger partial charge in [0.25, 0.3) is 5.91 Å². The minimum absolute atomic E-state index is 0.0139. The van der Waals surface area contributed by atoms with Crippen LogP contribution in [0.3, 0.4) is 0 Å². The average Bonchev–Trinajstić information content (AvgIpc) is 2.49. The lowest BCUT2D eigenvalue weighted by atomic mass is 10.0. The summed E-state index contributed by atoms with van der Waals surface area (Å²) in [5.74, 6) is -0.0139. The second-order valence-electron chi connectivity index (χ2n) is 4.74. The first-order valence-corrected chi connectivity index (χ1v) is 6.59. The maximum Gasteiger partial charge on any atom is 0.253 e. The zero-order valence-electron chi connectivity index (χ0n) is 11.1. The van der Waals surface area contributed by atoms with E-state index < -0.39 is 0 Å². The number of hydrogen-bond acceptors (Lipinski definition) is 3. The van der Waals surface area contributed by atoms with E-state index in [9.17, 15) is 4.79 Å². The summed E-state index contributed by atoms with van der Waals surface area (Å²) in [5, 5.41) is 0. The Kier molecular flexibility index (Phi) is 3.39. The first-order chi connectivity index (χ1) is 9.75. The molecule has 4 heteroatoms. The summed E-state index contributed by atoms with van der Waals surface area (Å²) in [7, 11) is 0. The van der Waals surface area contributed by atoms with Crippen LogP contribution in [-0.2, 0) is 9.53 Å². The molecule has 3 rings (SSSR count). The van der Waals surface area contributed by atoms with Crippen molar-refractivity contribution in [2.45, 2.75) is 0 Å². The number of carbonyl (C=O) groups is 1. The summed E-state index contributed by atoms with van der Waals surface area (Å²) in [6.45, 7) is 1.29. The molecule has 1 amide bonds. The fourth-order valence-electron chi connectivity index (χ4n) is 2.37. The molecule has 0 aliphatic carbocycles. The predicted octanol–water partition coefficient (Wildman–Crippen LogP) is 2.30. The summed E-state index contributed by atoms with van der Waals surface area (Å²) < 4.78 is 5.16. The SMILES string of the molecule is Nc1ccc(N2CCOCC2=O)cc1-c1ccccc1. The number of ether oxygens (including phenoxy) is 1. The number of rotatable bonds is 2. The number of carbonyl (C=O) groups excluding carboxylic acids is 1. The quantitative estimate of drug-likeness (QED) is 0.850. The Bertz CT molecular complexity index is 626. The highest BCUT2D eigenvalue weighted by molar-refractivity contribution is 5.96. The number of morpholine rings is 1. The van der Waals surface area contributed by atoms with E-state index in [0.29, 0.717) is 18.8 Å². The van der Waals surface area contributed by atoms with Crippen molar-refractivity contribution in [1.29, 1.82) is 0 Å². The van der Waals surface area contributed by atoms with Crippen molar-refractivity contribution in [2.75, 3.05) is 30.4 Å². The molecule has 0 atom stereocenters. The topological polar surface area (TPSA) is 55.6 Å². The molecule has 1 saturated heterocycles. The number of nitrogens with two attached hydrogens (primary N) is 1. The van der Waals surface area contributed by atoms with Gasteiger partial charge in [-0.15, -0.1) is 0 Å². The number of nitrogen functional groups attached to an aromatic ring is 1. The molecule has 20 heavy (non-hydrogen) atoms. The monoisotopic (exact) mass is 268 g/mol. The van der Waals surface area contributed by atoms with Crippen molar-refractivity contribution in [2.24, 2.45) is 0 Å². The molecular weight excluding hydrogens is 252 g/mol. The van der Waals surface area contributed by atoms with Gasteiger partial charge in [-0.1, -0.05) is 30.3 Å². The Morgan fingerprint density at radius 3 is 2.65 bits per heavy atom. The van der Waals surface area contributed by atoms with Crippen LogP contribution in [0.5, 0.6) is 0 Å². The van der Waals surface area contributed by atoms with E-state index in [2.05, 4.69) is 0 Å². The molecule has 0 aromatic heterocycles. The maximum absolute atomic E-state index is 11.9. The molecule has 0 saturated carbocycles. The highest BCUT2D eigenvalue weighted by atomic mass is 16.5. The van der Waals surface area contributed by atoms with E-state index in [1.54, 1.807) is 4.90 Å². The van der Waals surface area contributed by atoms with Crippen LogP contribution >= 0.6 is 0 Å². The number of benzene rings is 2. The molecular formula is C16H16N2O2. The summed E-state index contributed by atoms with van der Waals surface area (Å²) in [6, 6.07) is 15.6. The summed E-state index contributed by atoms with van der Waals surface area (Å²) in [6.07, 6.45) is 0. The molecule has 0 radical (unpaired) electrons. The first-order valence-electron chi connectivity index (χ1n) is 6.59. The third-order valence-electron chi connectivity index (χ3n) is 3.42. The molecule has 0 unspecified atom stereocenters. The molecule has 2 aromatic carbocycles. The second kappa shape index (κ2) is 5.35. The van der Waals surface area contributed by atoms with Gasteiger partial charge in [0.2, 0.25) is 0 Å². The van der Waals surface area contributed by atoms with Crippen LogP contribution in [-0.4, -0.2) is 25.7 Å². The van der Waals surface area contributed by atoms with Crippen molar-refractivity contribution in [3.05, 3.63) is 48.5 Å². The summed E-state index contributed by atoms with van der Waals surface area (Å²) in [4.78, 5) is 13.6. The Morgan fingerprint density at radius 2 is 1.90 bits per heavy atom. The van der Waals surface area contributed by atoms with E-state index in [4.69, 9.17) is 10.5 Å². The van der Waals surface area contributed by atoms with Gasteiger partial charge in [-0.25, -0.2) is 0 Å². The van der Waals surface area contributed by atoms with Gasteiger partial charge in [0, 0.05) is 23.5 Å². The normalized spacial score (nSPS) is 15.4. The van der Waals surface area contributed by atoms with Crippen LogP contribution in [0.25, 0.3) is 11.1 Å². The zero-order valence-corrected chi connectivity index (χ0v) is 11.1. The Hall–Kier alpha value is -2.33. The van der Waals surface area contributed by atoms with Crippen LogP contribution in [0.4, 0.5) is 11.4 Å². The van der Waals surface area contributed by atoms with Gasteiger partial charge >= 0.3 is 0 Å². The van der Waals surface area contributed by atoms with Gasteiger partial charge in [0.1, 0.15) is 6.61 Å². The summed E-state index contributed by atoms with van der Waals surface area (Å²) in [5.41, 5.74) is 9.63. The predicted molar refractivity (Wildman–Crippen MR) is 79.5 cm³/mol. The molecule has 0 bridgehead atoms. The number of nitrogens with zero attached hydrogens (tertiary/aromatic N) is 1. The van der Waals surface area contributed by atoms with E-state index in [1.807, 2.05) is 48.5 Å². The molecule has 1 heterocycles. The number of anilines is 2. The summed E-state index contributed by atoms with van der Waals surface area (Å²) >= 11 is 0. The molecule has 102 valence electrons. The molecule has 1 aliphatic rings. The van der Waals surface area contributed by atoms with Crippen LogP contribution in [0.15, 0.2) is 48.5 Å². The molecule has 2 aromatic rings. The minimum atomic E-state index is -0.0139. The first kappa shape index (κ1) is 12.7. The van der Waals surface area contributed by atoms with Crippen LogP contribution in [0.1, 0.15) is 0 Å². The van der Waals surface area contributed by atoms with Crippen LogP contribution < -0.4 is 10.6 Å². The molecule has 2 N–H and O–H groups in total. The average molecular weight is 268 g/mol. The zero-order chi connectivity index (χ0) is 13.9. The van der Waals surface area contributed by atoms with E-state index >= 15 is 0 Å². The highest BCUT2D eigenvalue weighted by Gasteiger charge is 2.20. The van der Waals surface area contributed by atoms with Gasteiger partial charge in [-0.3, -0.25) is 4.79 Å².